The number of halogens is 3. The molecule has 4 aromatic rings. The van der Waals surface area contributed by atoms with Crippen molar-refractivity contribution in [2.75, 3.05) is 6.54 Å². The Labute approximate surface area is 229 Å². The van der Waals surface area contributed by atoms with Crippen molar-refractivity contribution in [1.82, 2.24) is 19.0 Å². The summed E-state index contributed by atoms with van der Waals surface area (Å²) >= 11 is 0. The summed E-state index contributed by atoms with van der Waals surface area (Å²) in [6, 6.07) is 11.6. The average molecular weight is 553 g/mol. The second-order valence-corrected chi connectivity index (χ2v) is 11.1. The van der Waals surface area contributed by atoms with Crippen molar-refractivity contribution in [3.63, 3.8) is 0 Å². The number of hydrogen-bond acceptors (Lipinski definition) is 4. The van der Waals surface area contributed by atoms with Gasteiger partial charge in [-0.3, -0.25) is 14.3 Å². The lowest BCUT2D eigenvalue weighted by Crippen LogP contribution is -2.40. The highest BCUT2D eigenvalue weighted by Gasteiger charge is 2.32. The zero-order chi connectivity index (χ0) is 28.8. The number of nitrogens with zero attached hydrogens (tertiary/aromatic N) is 4. The lowest BCUT2D eigenvalue weighted by atomic mass is 10.0. The summed E-state index contributed by atoms with van der Waals surface area (Å²) in [7, 11) is 2.00. The molecule has 0 saturated heterocycles. The van der Waals surface area contributed by atoms with Crippen molar-refractivity contribution in [2.24, 2.45) is 7.05 Å². The molecule has 10 heteroatoms. The lowest BCUT2D eigenvalue weighted by Gasteiger charge is -2.30. The molecule has 3 aromatic heterocycles. The van der Waals surface area contributed by atoms with Crippen molar-refractivity contribution in [2.45, 2.75) is 58.4 Å². The van der Waals surface area contributed by atoms with Crippen LogP contribution in [0.2, 0.25) is 0 Å². The Morgan fingerprint density at radius 3 is 2.42 bits per heavy atom. The van der Waals surface area contributed by atoms with Gasteiger partial charge in [0, 0.05) is 55.1 Å². The first-order valence-corrected chi connectivity index (χ1v) is 13.1. The summed E-state index contributed by atoms with van der Waals surface area (Å²) in [5.41, 5.74) is 3.71. The second-order valence-electron chi connectivity index (χ2n) is 11.1. The third kappa shape index (κ3) is 5.61. The van der Waals surface area contributed by atoms with E-state index in [1.54, 1.807) is 21.7 Å². The van der Waals surface area contributed by atoms with E-state index in [1.165, 1.54) is 12.3 Å². The van der Waals surface area contributed by atoms with Crippen LogP contribution in [0, 0.1) is 0 Å². The molecule has 0 unspecified atom stereocenters. The Bertz CT molecular complexity index is 1630. The van der Waals surface area contributed by atoms with E-state index in [1.807, 2.05) is 52.1 Å². The van der Waals surface area contributed by atoms with Crippen LogP contribution in [0.25, 0.3) is 16.6 Å². The zero-order valence-corrected chi connectivity index (χ0v) is 22.9. The maximum Gasteiger partial charge on any atom is 0.433 e. The molecular weight excluding hydrogens is 521 g/mol. The van der Waals surface area contributed by atoms with Crippen molar-refractivity contribution < 1.29 is 22.7 Å². The van der Waals surface area contributed by atoms with Gasteiger partial charge in [-0.25, -0.2) is 4.79 Å². The van der Waals surface area contributed by atoms with E-state index in [0.29, 0.717) is 37.9 Å². The Hall–Kier alpha value is -4.08. The molecule has 1 aliphatic heterocycles. The quantitative estimate of drug-likeness (QED) is 0.320. The molecule has 5 rings (SSSR count). The number of carbonyl (C=O) groups excluding carboxylic acids is 1. The van der Waals surface area contributed by atoms with Gasteiger partial charge in [0.1, 0.15) is 11.3 Å². The van der Waals surface area contributed by atoms with Crippen LogP contribution in [0.4, 0.5) is 18.0 Å². The van der Waals surface area contributed by atoms with Crippen LogP contribution in [-0.4, -0.2) is 37.3 Å². The Balaban J connectivity index is 1.34. The molecule has 7 nitrogen and oxygen atoms in total. The van der Waals surface area contributed by atoms with E-state index in [0.717, 1.165) is 39.5 Å². The number of amides is 1. The van der Waals surface area contributed by atoms with Crippen LogP contribution < -0.4 is 5.56 Å². The number of hydrogen-bond donors (Lipinski definition) is 0. The monoisotopic (exact) mass is 552 g/mol. The highest BCUT2D eigenvalue weighted by Crippen LogP contribution is 2.32. The van der Waals surface area contributed by atoms with Gasteiger partial charge in [0.2, 0.25) is 0 Å². The van der Waals surface area contributed by atoms with Gasteiger partial charge in [0.05, 0.1) is 17.7 Å². The number of pyridine rings is 2. The maximum atomic E-state index is 13.0. The summed E-state index contributed by atoms with van der Waals surface area (Å²) in [5, 5.41) is 1.03. The van der Waals surface area contributed by atoms with Crippen LogP contribution in [0.15, 0.2) is 59.7 Å². The fourth-order valence-corrected chi connectivity index (χ4v) is 5.11. The molecule has 1 aromatic carbocycles. The van der Waals surface area contributed by atoms with Gasteiger partial charge in [-0.1, -0.05) is 12.1 Å². The van der Waals surface area contributed by atoms with Crippen molar-refractivity contribution in [3.8, 4) is 5.69 Å². The number of benzene rings is 1. The van der Waals surface area contributed by atoms with Crippen LogP contribution in [-0.2, 0) is 43.8 Å². The number of aromatic nitrogens is 3. The molecule has 0 saturated carbocycles. The smallest absolute Gasteiger partial charge is 0.433 e. The summed E-state index contributed by atoms with van der Waals surface area (Å²) < 4.78 is 47.5. The van der Waals surface area contributed by atoms with Crippen LogP contribution in [0.5, 0.6) is 0 Å². The van der Waals surface area contributed by atoms with Gasteiger partial charge in [-0.05, 0) is 69.0 Å². The molecule has 4 heterocycles. The number of aryl methyl sites for hydroxylation is 3. The first-order chi connectivity index (χ1) is 18.8. The number of fused-ring (bicyclic) bond motifs is 3. The minimum absolute atomic E-state index is 0.197. The molecule has 1 aliphatic rings. The number of ether oxygens (including phenoxy) is 1. The van der Waals surface area contributed by atoms with Crippen LogP contribution in [0.3, 0.4) is 0 Å². The Morgan fingerprint density at radius 2 is 1.77 bits per heavy atom. The summed E-state index contributed by atoms with van der Waals surface area (Å²) in [6.45, 7) is 6.59. The zero-order valence-electron chi connectivity index (χ0n) is 22.9. The molecule has 0 fully saturated rings. The molecule has 0 aliphatic carbocycles. The fourth-order valence-electron chi connectivity index (χ4n) is 5.11. The number of carbonyl (C=O) groups is 1. The molecule has 0 N–H and O–H groups in total. The van der Waals surface area contributed by atoms with Gasteiger partial charge in [-0.2, -0.15) is 13.2 Å². The van der Waals surface area contributed by atoms with Crippen molar-refractivity contribution in [3.05, 3.63) is 93.3 Å². The Morgan fingerprint density at radius 1 is 1.02 bits per heavy atom. The normalized spacial score (nSPS) is 13.9. The molecule has 0 spiro atoms. The van der Waals surface area contributed by atoms with Crippen LogP contribution >= 0.6 is 0 Å². The SMILES string of the molecule is Cn1c2c(c3ccc(-n4ccc(CCc5ccc(C(F)(F)F)nc5)cc4=O)cc31)CN(C(=O)OC(C)(C)C)CC2. The molecule has 1 amide bonds. The average Bonchev–Trinajstić information content (AvgIpc) is 3.17. The standard InChI is InChI=1S/C30H31F3N4O3/c1-29(2,3)40-28(39)36-13-12-24-23(18-36)22-9-8-21(16-25(22)35(24)4)37-14-11-19(15-27(37)38)5-6-20-7-10-26(34-17-20)30(31,32)33/h7-11,14-17H,5-6,12-13,18H2,1-4H3. The maximum absolute atomic E-state index is 13.0. The van der Waals surface area contributed by atoms with Gasteiger partial charge < -0.3 is 14.2 Å². The summed E-state index contributed by atoms with van der Waals surface area (Å²) in [4.78, 5) is 30.9. The number of rotatable bonds is 4. The minimum atomic E-state index is -4.47. The third-order valence-corrected chi connectivity index (χ3v) is 7.12. The minimum Gasteiger partial charge on any atom is -0.444 e. The third-order valence-electron chi connectivity index (χ3n) is 7.12. The van der Waals surface area contributed by atoms with Crippen molar-refractivity contribution >= 4 is 17.0 Å². The lowest BCUT2D eigenvalue weighted by molar-refractivity contribution is -0.141. The topological polar surface area (TPSA) is 69.4 Å². The fraction of sp³-hybridized carbons (Fsp3) is 0.367. The molecule has 210 valence electrons. The van der Waals surface area contributed by atoms with E-state index in [4.69, 9.17) is 4.74 Å². The van der Waals surface area contributed by atoms with E-state index >= 15 is 0 Å². The van der Waals surface area contributed by atoms with Gasteiger partial charge in [0.25, 0.3) is 5.56 Å². The first kappa shape index (κ1) is 27.5. The van der Waals surface area contributed by atoms with Gasteiger partial charge in [0.15, 0.2) is 0 Å². The summed E-state index contributed by atoms with van der Waals surface area (Å²) in [6.07, 6.45) is -0.171. The predicted molar refractivity (Wildman–Crippen MR) is 146 cm³/mol. The predicted octanol–water partition coefficient (Wildman–Crippen LogP) is 5.82. The first-order valence-electron chi connectivity index (χ1n) is 13.1. The molecule has 0 bridgehead atoms. The highest BCUT2D eigenvalue weighted by molar-refractivity contribution is 5.88. The van der Waals surface area contributed by atoms with E-state index in [9.17, 15) is 22.8 Å². The summed E-state index contributed by atoms with van der Waals surface area (Å²) in [5.74, 6) is 0. The van der Waals surface area contributed by atoms with Gasteiger partial charge in [-0.15, -0.1) is 0 Å². The molecule has 40 heavy (non-hydrogen) atoms. The molecular formula is C30H31F3N4O3. The number of alkyl halides is 3. The van der Waals surface area contributed by atoms with Crippen LogP contribution in [0.1, 0.15) is 48.8 Å². The largest absolute Gasteiger partial charge is 0.444 e. The van der Waals surface area contributed by atoms with Gasteiger partial charge >= 0.3 is 12.3 Å². The van der Waals surface area contributed by atoms with E-state index in [-0.39, 0.29) is 11.7 Å². The van der Waals surface area contributed by atoms with Crippen molar-refractivity contribution in [1.29, 1.82) is 0 Å². The Kier molecular flexibility index (Phi) is 6.97. The molecule has 0 radical (unpaired) electrons. The highest BCUT2D eigenvalue weighted by atomic mass is 19.4. The second kappa shape index (κ2) is 10.1. The van der Waals surface area contributed by atoms with E-state index < -0.39 is 17.5 Å². The molecule has 0 atom stereocenters. The van der Waals surface area contributed by atoms with E-state index in [2.05, 4.69) is 9.55 Å².